The van der Waals surface area contributed by atoms with E-state index in [-0.39, 0.29) is 0 Å². The van der Waals surface area contributed by atoms with E-state index in [0.717, 1.165) is 5.69 Å². The van der Waals surface area contributed by atoms with E-state index in [1.165, 1.54) is 12.8 Å². The Balaban J connectivity index is 2.09. The van der Waals surface area contributed by atoms with Gasteiger partial charge in [0.15, 0.2) is 5.15 Å². The topological polar surface area (TPSA) is 24.9 Å². The molecule has 1 aliphatic carbocycles. The minimum Gasteiger partial charge on any atom is -0.380 e. The fraction of sp³-hybridized carbons (Fsp3) is 0.615. The highest BCUT2D eigenvalue weighted by molar-refractivity contribution is 6.31. The zero-order chi connectivity index (χ0) is 11.8. The Labute approximate surface area is 102 Å². The van der Waals surface area contributed by atoms with Crippen molar-refractivity contribution in [1.82, 2.24) is 4.98 Å². The van der Waals surface area contributed by atoms with E-state index in [4.69, 9.17) is 11.6 Å². The summed E-state index contributed by atoms with van der Waals surface area (Å²) in [6.45, 7) is 6.96. The third kappa shape index (κ3) is 2.49. The normalized spacial score (nSPS) is 28.0. The van der Waals surface area contributed by atoms with Gasteiger partial charge < -0.3 is 5.32 Å². The van der Waals surface area contributed by atoms with Crippen LogP contribution < -0.4 is 5.32 Å². The molecule has 1 saturated carbocycles. The van der Waals surface area contributed by atoms with Crippen LogP contribution in [0.5, 0.6) is 0 Å². The number of aromatic nitrogens is 1. The SMILES string of the molecule is CC1CC(C)(C)CC1Nc1cccnc1Cl. The molecule has 2 nitrogen and oxygen atoms in total. The Morgan fingerprint density at radius 2 is 2.19 bits per heavy atom. The van der Waals surface area contributed by atoms with Gasteiger partial charge >= 0.3 is 0 Å². The standard InChI is InChI=1S/C13H19ClN2/c1-9-7-13(2,3)8-11(9)16-10-5-4-6-15-12(10)14/h4-6,9,11,16H,7-8H2,1-3H3. The van der Waals surface area contributed by atoms with Gasteiger partial charge in [0.05, 0.1) is 5.69 Å². The van der Waals surface area contributed by atoms with E-state index in [9.17, 15) is 0 Å². The van der Waals surface area contributed by atoms with E-state index in [2.05, 4.69) is 31.1 Å². The summed E-state index contributed by atoms with van der Waals surface area (Å²) in [5, 5.41) is 4.09. The molecule has 3 heteroatoms. The van der Waals surface area contributed by atoms with Crippen molar-refractivity contribution >= 4 is 17.3 Å². The first-order valence-corrected chi connectivity index (χ1v) is 6.23. The maximum absolute atomic E-state index is 6.05. The fourth-order valence-electron chi connectivity index (χ4n) is 2.78. The number of pyridine rings is 1. The van der Waals surface area contributed by atoms with Gasteiger partial charge in [-0.15, -0.1) is 0 Å². The fourth-order valence-corrected chi connectivity index (χ4v) is 2.95. The van der Waals surface area contributed by atoms with E-state index in [1.54, 1.807) is 6.20 Å². The Hall–Kier alpha value is -0.760. The Morgan fingerprint density at radius 1 is 1.44 bits per heavy atom. The van der Waals surface area contributed by atoms with E-state index in [0.29, 0.717) is 22.5 Å². The third-order valence-corrected chi connectivity index (χ3v) is 3.74. The maximum Gasteiger partial charge on any atom is 0.152 e. The molecule has 0 amide bonds. The van der Waals surface area contributed by atoms with Crippen LogP contribution in [0.4, 0.5) is 5.69 Å². The molecule has 1 fully saturated rings. The third-order valence-electron chi connectivity index (χ3n) is 3.43. The molecule has 1 heterocycles. The van der Waals surface area contributed by atoms with Crippen LogP contribution in [0.3, 0.4) is 0 Å². The lowest BCUT2D eigenvalue weighted by molar-refractivity contribution is 0.366. The second-order valence-electron chi connectivity index (χ2n) is 5.64. The van der Waals surface area contributed by atoms with Crippen molar-refractivity contribution in [2.45, 2.75) is 39.7 Å². The van der Waals surface area contributed by atoms with Gasteiger partial charge in [0.2, 0.25) is 0 Å². The van der Waals surface area contributed by atoms with Gasteiger partial charge in [0.1, 0.15) is 0 Å². The molecular formula is C13H19ClN2. The number of hydrogen-bond acceptors (Lipinski definition) is 2. The van der Waals surface area contributed by atoms with Crippen LogP contribution in [-0.2, 0) is 0 Å². The van der Waals surface area contributed by atoms with Gasteiger partial charge in [-0.05, 0) is 36.3 Å². The summed E-state index contributed by atoms with van der Waals surface area (Å²) in [5.74, 6) is 0.686. The molecule has 0 aliphatic heterocycles. The van der Waals surface area contributed by atoms with E-state index < -0.39 is 0 Å². The van der Waals surface area contributed by atoms with Gasteiger partial charge in [-0.1, -0.05) is 32.4 Å². The molecule has 88 valence electrons. The van der Waals surface area contributed by atoms with Gasteiger partial charge in [0.25, 0.3) is 0 Å². The first-order chi connectivity index (χ1) is 7.48. The van der Waals surface area contributed by atoms with E-state index in [1.807, 2.05) is 12.1 Å². The summed E-state index contributed by atoms with van der Waals surface area (Å²) in [5.41, 5.74) is 1.39. The Bertz CT molecular complexity index is 376. The van der Waals surface area contributed by atoms with Crippen molar-refractivity contribution in [3.63, 3.8) is 0 Å². The Kier molecular flexibility index (Phi) is 3.11. The smallest absolute Gasteiger partial charge is 0.152 e. The van der Waals surface area contributed by atoms with Gasteiger partial charge in [-0.3, -0.25) is 0 Å². The molecule has 2 atom stereocenters. The molecule has 0 aromatic carbocycles. The van der Waals surface area contributed by atoms with Crippen LogP contribution in [-0.4, -0.2) is 11.0 Å². The molecule has 1 aromatic heterocycles. The molecule has 1 aromatic rings. The number of anilines is 1. The molecule has 1 N–H and O–H groups in total. The molecule has 1 aliphatic rings. The number of nitrogens with one attached hydrogen (secondary N) is 1. The summed E-state index contributed by atoms with van der Waals surface area (Å²) in [7, 11) is 0. The summed E-state index contributed by atoms with van der Waals surface area (Å²) < 4.78 is 0. The van der Waals surface area contributed by atoms with Crippen molar-refractivity contribution in [3.8, 4) is 0 Å². The second kappa shape index (κ2) is 4.25. The summed E-state index contributed by atoms with van der Waals surface area (Å²) in [4.78, 5) is 4.09. The van der Waals surface area contributed by atoms with Crippen molar-refractivity contribution in [2.24, 2.45) is 11.3 Å². The minimum absolute atomic E-state index is 0.436. The van der Waals surface area contributed by atoms with Crippen molar-refractivity contribution < 1.29 is 0 Å². The molecule has 0 radical (unpaired) electrons. The van der Waals surface area contributed by atoms with Crippen molar-refractivity contribution in [1.29, 1.82) is 0 Å². The predicted molar refractivity (Wildman–Crippen MR) is 68.8 cm³/mol. The van der Waals surface area contributed by atoms with Gasteiger partial charge in [0, 0.05) is 12.2 Å². The molecule has 16 heavy (non-hydrogen) atoms. The highest BCUT2D eigenvalue weighted by Gasteiger charge is 2.36. The lowest BCUT2D eigenvalue weighted by Gasteiger charge is -2.20. The van der Waals surface area contributed by atoms with Crippen molar-refractivity contribution in [3.05, 3.63) is 23.5 Å². The minimum atomic E-state index is 0.436. The summed E-state index contributed by atoms with van der Waals surface area (Å²) in [6, 6.07) is 4.42. The number of rotatable bonds is 2. The summed E-state index contributed by atoms with van der Waals surface area (Å²) >= 11 is 6.05. The van der Waals surface area contributed by atoms with Gasteiger partial charge in [-0.25, -0.2) is 4.98 Å². The average Bonchev–Trinajstić information content (AvgIpc) is 2.44. The highest BCUT2D eigenvalue weighted by Crippen LogP contribution is 2.42. The number of halogens is 1. The van der Waals surface area contributed by atoms with Crippen LogP contribution in [0.2, 0.25) is 5.15 Å². The first kappa shape index (κ1) is 11.7. The number of nitrogens with zero attached hydrogens (tertiary/aromatic N) is 1. The maximum atomic E-state index is 6.05. The molecule has 0 spiro atoms. The van der Waals surface area contributed by atoms with Crippen LogP contribution >= 0.6 is 11.6 Å². The van der Waals surface area contributed by atoms with Crippen LogP contribution in [0.15, 0.2) is 18.3 Å². The lowest BCUT2D eigenvalue weighted by Crippen LogP contribution is -2.22. The second-order valence-corrected chi connectivity index (χ2v) is 6.00. The molecule has 0 bridgehead atoms. The lowest BCUT2D eigenvalue weighted by atomic mass is 9.91. The quantitative estimate of drug-likeness (QED) is 0.789. The monoisotopic (exact) mass is 238 g/mol. The molecule has 2 unspecified atom stereocenters. The predicted octanol–water partition coefficient (Wildman–Crippen LogP) is 3.97. The zero-order valence-corrected chi connectivity index (χ0v) is 10.9. The van der Waals surface area contributed by atoms with Crippen molar-refractivity contribution in [2.75, 3.05) is 5.32 Å². The molecule has 0 saturated heterocycles. The average molecular weight is 239 g/mol. The molecule has 2 rings (SSSR count). The van der Waals surface area contributed by atoms with Crippen LogP contribution in [0.25, 0.3) is 0 Å². The van der Waals surface area contributed by atoms with Crippen LogP contribution in [0.1, 0.15) is 33.6 Å². The van der Waals surface area contributed by atoms with Gasteiger partial charge in [-0.2, -0.15) is 0 Å². The number of hydrogen-bond donors (Lipinski definition) is 1. The highest BCUT2D eigenvalue weighted by atomic mass is 35.5. The molecular weight excluding hydrogens is 220 g/mol. The van der Waals surface area contributed by atoms with E-state index >= 15 is 0 Å². The first-order valence-electron chi connectivity index (χ1n) is 5.85. The van der Waals surface area contributed by atoms with Crippen LogP contribution in [0, 0.1) is 11.3 Å². The zero-order valence-electron chi connectivity index (χ0n) is 10.1. The largest absolute Gasteiger partial charge is 0.380 e. The Morgan fingerprint density at radius 3 is 2.75 bits per heavy atom. The summed E-state index contributed by atoms with van der Waals surface area (Å²) in [6.07, 6.45) is 4.18.